The summed E-state index contributed by atoms with van der Waals surface area (Å²) < 4.78 is 1.07. The zero-order chi connectivity index (χ0) is 20.8. The molecule has 1 atom stereocenters. The van der Waals surface area contributed by atoms with Crippen molar-refractivity contribution in [3.63, 3.8) is 0 Å². The van der Waals surface area contributed by atoms with Gasteiger partial charge in [0.05, 0.1) is 26.6 Å². The number of aromatic amines is 1. The molecule has 1 amide bonds. The number of rotatable bonds is 4. The number of carbonyl (C=O) groups excluding carboxylic acids is 1. The monoisotopic (exact) mass is 412 g/mol. The number of nitrogens with zero attached hydrogens (tertiary/aromatic N) is 1. The lowest BCUT2D eigenvalue weighted by Gasteiger charge is -2.35. The Kier molecular flexibility index (Phi) is 5.40. The van der Waals surface area contributed by atoms with E-state index in [2.05, 4.69) is 18.8 Å². The average Bonchev–Trinajstić information content (AvgIpc) is 3.25. The van der Waals surface area contributed by atoms with Gasteiger partial charge in [-0.2, -0.15) is 0 Å². The number of aromatic nitrogens is 1. The second-order valence-electron chi connectivity index (χ2n) is 9.65. The van der Waals surface area contributed by atoms with E-state index in [4.69, 9.17) is 10.8 Å². The molecule has 2 aromatic heterocycles. The van der Waals surface area contributed by atoms with Crippen LogP contribution >= 0.6 is 11.3 Å². The van der Waals surface area contributed by atoms with Crippen LogP contribution in [0.25, 0.3) is 10.2 Å². The molecule has 6 heteroatoms. The van der Waals surface area contributed by atoms with E-state index in [-0.39, 0.29) is 23.2 Å². The topological polar surface area (TPSA) is 83.8 Å². The lowest BCUT2D eigenvalue weighted by molar-refractivity contribution is -0.122. The molecular formula is C23H32N4OS. The Hall–Kier alpha value is -1.95. The average molecular weight is 413 g/mol. The highest BCUT2D eigenvalue weighted by Crippen LogP contribution is 2.39. The zero-order valence-corrected chi connectivity index (χ0v) is 18.5. The van der Waals surface area contributed by atoms with Gasteiger partial charge in [0, 0.05) is 24.6 Å². The largest absolute Gasteiger partial charge is 0.353 e. The highest BCUT2D eigenvalue weighted by Gasteiger charge is 2.34. The number of carbonyl (C=O) groups is 1. The van der Waals surface area contributed by atoms with Gasteiger partial charge in [0.15, 0.2) is 0 Å². The molecule has 2 aliphatic carbocycles. The minimum atomic E-state index is -0.0780. The number of thiophene rings is 1. The first-order chi connectivity index (χ1) is 13.7. The second-order valence-corrected chi connectivity index (χ2v) is 10.7. The van der Waals surface area contributed by atoms with Crippen LogP contribution in [-0.4, -0.2) is 29.4 Å². The number of fused-ring (bicyclic) bond motifs is 1. The Morgan fingerprint density at radius 2 is 1.93 bits per heavy atom. The first-order valence-electron chi connectivity index (χ1n) is 10.8. The van der Waals surface area contributed by atoms with Crippen molar-refractivity contribution in [1.82, 2.24) is 4.98 Å². The van der Waals surface area contributed by atoms with Crippen molar-refractivity contribution in [2.75, 3.05) is 11.9 Å². The van der Waals surface area contributed by atoms with Gasteiger partial charge in [-0.3, -0.25) is 4.79 Å². The van der Waals surface area contributed by atoms with Crippen molar-refractivity contribution in [3.05, 3.63) is 17.8 Å². The SMILES string of the molecule is CN(C(=O)C1CCCCC1)c1cc2[nH]c(C(=N)C3CCC(C)(C)CC3=N)cc2s1. The highest BCUT2D eigenvalue weighted by atomic mass is 32.1. The molecular weight excluding hydrogens is 380 g/mol. The molecule has 0 spiro atoms. The number of H-pyrrole nitrogens is 1. The summed E-state index contributed by atoms with van der Waals surface area (Å²) in [4.78, 5) is 18.0. The zero-order valence-electron chi connectivity index (χ0n) is 17.7. The molecule has 3 N–H and O–H groups in total. The van der Waals surface area contributed by atoms with Crippen LogP contribution in [0.15, 0.2) is 12.1 Å². The Bertz CT molecular complexity index is 916. The molecule has 0 radical (unpaired) electrons. The van der Waals surface area contributed by atoms with E-state index in [0.717, 1.165) is 65.9 Å². The van der Waals surface area contributed by atoms with Gasteiger partial charge in [0.25, 0.3) is 0 Å². The third kappa shape index (κ3) is 4.04. The van der Waals surface area contributed by atoms with Gasteiger partial charge in [-0.25, -0.2) is 0 Å². The summed E-state index contributed by atoms with van der Waals surface area (Å²) in [6, 6.07) is 4.06. The molecule has 5 nitrogen and oxygen atoms in total. The molecule has 1 unspecified atom stereocenters. The maximum atomic E-state index is 12.8. The van der Waals surface area contributed by atoms with E-state index in [9.17, 15) is 4.79 Å². The quantitative estimate of drug-likeness (QED) is 0.530. The summed E-state index contributed by atoms with van der Waals surface area (Å²) in [5.41, 5.74) is 3.18. The predicted molar refractivity (Wildman–Crippen MR) is 122 cm³/mol. The maximum Gasteiger partial charge on any atom is 0.230 e. The van der Waals surface area contributed by atoms with Crippen LogP contribution in [0.2, 0.25) is 0 Å². The van der Waals surface area contributed by atoms with Crippen molar-refractivity contribution < 1.29 is 4.79 Å². The minimum Gasteiger partial charge on any atom is -0.353 e. The van der Waals surface area contributed by atoms with E-state index in [1.807, 2.05) is 24.1 Å². The molecule has 0 bridgehead atoms. The molecule has 4 rings (SSSR count). The van der Waals surface area contributed by atoms with Gasteiger partial charge in [0.1, 0.15) is 0 Å². The van der Waals surface area contributed by atoms with Crippen LogP contribution in [0.5, 0.6) is 0 Å². The molecule has 2 fully saturated rings. The van der Waals surface area contributed by atoms with Gasteiger partial charge in [-0.05, 0) is 49.7 Å². The Labute approximate surface area is 176 Å². The summed E-state index contributed by atoms with van der Waals surface area (Å²) >= 11 is 1.61. The van der Waals surface area contributed by atoms with Crippen LogP contribution < -0.4 is 4.90 Å². The van der Waals surface area contributed by atoms with E-state index in [1.54, 1.807) is 11.3 Å². The molecule has 0 aliphatic heterocycles. The van der Waals surface area contributed by atoms with Gasteiger partial charge in [-0.15, -0.1) is 11.3 Å². The molecule has 156 valence electrons. The van der Waals surface area contributed by atoms with Gasteiger partial charge in [0.2, 0.25) is 5.91 Å². The number of nitrogens with one attached hydrogen (secondary N) is 3. The number of hydrogen-bond donors (Lipinski definition) is 3. The number of anilines is 1. The summed E-state index contributed by atoms with van der Waals surface area (Å²) in [6.45, 7) is 4.41. The first-order valence-corrected chi connectivity index (χ1v) is 11.6. The van der Waals surface area contributed by atoms with E-state index in [0.29, 0.717) is 11.4 Å². The fourth-order valence-corrected chi connectivity index (χ4v) is 5.92. The van der Waals surface area contributed by atoms with Crippen LogP contribution in [-0.2, 0) is 4.79 Å². The second kappa shape index (κ2) is 7.71. The molecule has 2 saturated carbocycles. The van der Waals surface area contributed by atoms with Gasteiger partial charge < -0.3 is 20.7 Å². The lowest BCUT2D eigenvalue weighted by atomic mass is 9.70. The molecule has 29 heavy (non-hydrogen) atoms. The molecule has 2 heterocycles. The summed E-state index contributed by atoms with van der Waals surface area (Å²) in [7, 11) is 1.88. The van der Waals surface area contributed by atoms with Crippen molar-refractivity contribution in [1.29, 1.82) is 10.8 Å². The Morgan fingerprint density at radius 3 is 2.59 bits per heavy atom. The maximum absolute atomic E-state index is 12.8. The van der Waals surface area contributed by atoms with Crippen LogP contribution in [0, 0.1) is 28.1 Å². The van der Waals surface area contributed by atoms with Crippen LogP contribution in [0.1, 0.15) is 70.9 Å². The summed E-state index contributed by atoms with van der Waals surface area (Å²) in [6.07, 6.45) is 8.29. The van der Waals surface area contributed by atoms with Gasteiger partial charge >= 0.3 is 0 Å². The summed E-state index contributed by atoms with van der Waals surface area (Å²) in [5.74, 6) is 0.324. The molecule has 0 aromatic carbocycles. The van der Waals surface area contributed by atoms with E-state index in [1.165, 1.54) is 6.42 Å². The fraction of sp³-hybridized carbons (Fsp3) is 0.609. The number of amides is 1. The van der Waals surface area contributed by atoms with E-state index < -0.39 is 0 Å². The van der Waals surface area contributed by atoms with Crippen molar-refractivity contribution in [2.24, 2.45) is 17.3 Å². The van der Waals surface area contributed by atoms with E-state index >= 15 is 0 Å². The van der Waals surface area contributed by atoms with Crippen LogP contribution in [0.4, 0.5) is 5.00 Å². The lowest BCUT2D eigenvalue weighted by Crippen LogP contribution is -2.34. The third-order valence-electron chi connectivity index (χ3n) is 6.75. The molecule has 0 saturated heterocycles. The highest BCUT2D eigenvalue weighted by molar-refractivity contribution is 7.23. The summed E-state index contributed by atoms with van der Waals surface area (Å²) in [5, 5.41) is 18.0. The predicted octanol–water partition coefficient (Wildman–Crippen LogP) is 5.99. The molecule has 2 aliphatic rings. The Morgan fingerprint density at radius 1 is 1.21 bits per heavy atom. The van der Waals surface area contributed by atoms with Crippen molar-refractivity contribution in [3.8, 4) is 0 Å². The van der Waals surface area contributed by atoms with Gasteiger partial charge in [-0.1, -0.05) is 33.1 Å². The number of hydrogen-bond acceptors (Lipinski definition) is 4. The van der Waals surface area contributed by atoms with Crippen molar-refractivity contribution >= 4 is 43.9 Å². The molecule has 2 aromatic rings. The van der Waals surface area contributed by atoms with Crippen molar-refractivity contribution in [2.45, 2.75) is 65.2 Å². The first kappa shape index (κ1) is 20.3. The fourth-order valence-electron chi connectivity index (χ4n) is 4.89. The normalized spacial score (nSPS) is 22.7. The minimum absolute atomic E-state index is 0.0780. The Balaban J connectivity index is 1.48. The third-order valence-corrected chi connectivity index (χ3v) is 7.90. The smallest absolute Gasteiger partial charge is 0.230 e. The van der Waals surface area contributed by atoms with Crippen LogP contribution in [0.3, 0.4) is 0 Å². The standard InChI is InChI=1S/C23H32N4OS/c1-23(2)10-9-15(16(24)13-23)21(25)18-11-19-17(26-18)12-20(29-19)27(3)22(28)14-7-5-4-6-8-14/h11-12,14-15,24-26H,4-10,13H2,1-3H3.